The summed E-state index contributed by atoms with van der Waals surface area (Å²) in [6.07, 6.45) is -5.96. The lowest BCUT2D eigenvalue weighted by atomic mass is 10.1. The highest BCUT2D eigenvalue weighted by molar-refractivity contribution is 5.95. The molecule has 0 aliphatic carbocycles. The Kier molecular flexibility index (Phi) is 7.22. The van der Waals surface area contributed by atoms with Crippen molar-refractivity contribution in [3.63, 3.8) is 0 Å². The third-order valence-corrected chi connectivity index (χ3v) is 2.94. The Morgan fingerprint density at radius 3 is 2.24 bits per heavy atom. The molecule has 1 atom stereocenters. The molecule has 0 radical (unpaired) electrons. The van der Waals surface area contributed by atoms with E-state index in [1.54, 1.807) is 6.92 Å². The largest absolute Gasteiger partial charge is 0.464 e. The fourth-order valence-electron chi connectivity index (χ4n) is 1.79. The van der Waals surface area contributed by atoms with Crippen LogP contribution in [0.25, 0.3) is 0 Å². The molecule has 0 aliphatic heterocycles. The molecule has 10 heteroatoms. The van der Waals surface area contributed by atoms with Crippen LogP contribution < -0.4 is 10.6 Å². The average Bonchev–Trinajstić information content (AvgIpc) is 2.53. The second kappa shape index (κ2) is 8.90. The molecule has 0 heterocycles. The van der Waals surface area contributed by atoms with Crippen LogP contribution in [0.4, 0.5) is 23.7 Å². The molecule has 1 aromatic carbocycles. The Morgan fingerprint density at radius 2 is 1.76 bits per heavy atom. The lowest BCUT2D eigenvalue weighted by molar-refractivity contribution is -0.145. The van der Waals surface area contributed by atoms with E-state index in [1.807, 2.05) is 5.32 Å². The summed E-state index contributed by atoms with van der Waals surface area (Å²) in [7, 11) is 1.06. The number of hydrogen-bond acceptors (Lipinski definition) is 6. The van der Waals surface area contributed by atoms with Gasteiger partial charge in [-0.2, -0.15) is 13.2 Å². The number of anilines is 1. The summed E-state index contributed by atoms with van der Waals surface area (Å²) in [4.78, 5) is 34.6. The van der Waals surface area contributed by atoms with E-state index in [-0.39, 0.29) is 12.3 Å². The first-order valence-electron chi connectivity index (χ1n) is 7.15. The predicted molar refractivity (Wildman–Crippen MR) is 80.7 cm³/mol. The Bertz CT molecular complexity index is 617. The summed E-state index contributed by atoms with van der Waals surface area (Å²) in [5.74, 6) is -1.60. The first-order chi connectivity index (χ1) is 11.7. The normalized spacial score (nSPS) is 12.0. The van der Waals surface area contributed by atoms with Crippen LogP contribution in [0.1, 0.15) is 18.9 Å². The molecule has 2 amide bonds. The molecule has 0 saturated carbocycles. The number of nitrogens with one attached hydrogen (secondary N) is 2. The molecule has 0 spiro atoms. The minimum absolute atomic E-state index is 0.0443. The van der Waals surface area contributed by atoms with Gasteiger partial charge in [0.1, 0.15) is 6.04 Å². The quantitative estimate of drug-likeness (QED) is 0.755. The fourth-order valence-corrected chi connectivity index (χ4v) is 1.79. The van der Waals surface area contributed by atoms with Crippen LogP contribution in [-0.2, 0) is 25.2 Å². The molecule has 138 valence electrons. The van der Waals surface area contributed by atoms with Gasteiger partial charge in [-0.3, -0.25) is 10.1 Å². The summed E-state index contributed by atoms with van der Waals surface area (Å²) < 4.78 is 46.7. The number of imide groups is 1. The number of alkyl carbamates (subject to hydrolysis) is 1. The third-order valence-electron chi connectivity index (χ3n) is 2.94. The number of carbonyl (C=O) groups is 3. The Labute approximate surface area is 141 Å². The highest BCUT2D eigenvalue weighted by atomic mass is 19.4. The van der Waals surface area contributed by atoms with Gasteiger partial charge in [0.2, 0.25) is 5.91 Å². The molecular weight excluding hydrogens is 345 g/mol. The SMILES string of the molecule is CCOC(=O)C(CC(=O)NC(=O)OC)Nc1ccc(C(F)(F)F)cc1. The van der Waals surface area contributed by atoms with Crippen LogP contribution in [0.5, 0.6) is 0 Å². The molecule has 1 unspecified atom stereocenters. The van der Waals surface area contributed by atoms with Crippen LogP contribution >= 0.6 is 0 Å². The molecule has 0 bridgehead atoms. The van der Waals surface area contributed by atoms with E-state index in [1.165, 1.54) is 0 Å². The van der Waals surface area contributed by atoms with E-state index in [0.29, 0.717) is 0 Å². The van der Waals surface area contributed by atoms with Gasteiger partial charge in [0.05, 0.1) is 25.7 Å². The van der Waals surface area contributed by atoms with Crippen molar-refractivity contribution in [3.8, 4) is 0 Å². The number of carbonyl (C=O) groups excluding carboxylic acids is 3. The van der Waals surface area contributed by atoms with Crippen molar-refractivity contribution in [1.29, 1.82) is 0 Å². The second-order valence-corrected chi connectivity index (χ2v) is 4.77. The van der Waals surface area contributed by atoms with Gasteiger partial charge in [0, 0.05) is 5.69 Å². The monoisotopic (exact) mass is 362 g/mol. The zero-order chi connectivity index (χ0) is 19.0. The van der Waals surface area contributed by atoms with Crippen molar-refractivity contribution in [2.45, 2.75) is 25.6 Å². The maximum Gasteiger partial charge on any atom is 0.416 e. The Morgan fingerprint density at radius 1 is 1.16 bits per heavy atom. The van der Waals surface area contributed by atoms with E-state index >= 15 is 0 Å². The number of rotatable bonds is 6. The summed E-state index contributed by atoms with van der Waals surface area (Å²) in [5, 5.41) is 4.48. The summed E-state index contributed by atoms with van der Waals surface area (Å²) in [6, 6.07) is 2.71. The van der Waals surface area contributed by atoms with Crippen LogP contribution in [0.15, 0.2) is 24.3 Å². The molecule has 25 heavy (non-hydrogen) atoms. The predicted octanol–water partition coefficient (Wildman–Crippen LogP) is 2.32. The highest BCUT2D eigenvalue weighted by Crippen LogP contribution is 2.30. The van der Waals surface area contributed by atoms with Gasteiger partial charge in [-0.1, -0.05) is 0 Å². The molecule has 0 saturated heterocycles. The lowest BCUT2D eigenvalue weighted by Gasteiger charge is -2.18. The standard InChI is InChI=1S/C15H17F3N2O5/c1-3-25-13(22)11(8-12(21)20-14(23)24-2)19-10-6-4-9(5-7-10)15(16,17)18/h4-7,11,19H,3,8H2,1-2H3,(H,20,21,23). The van der Waals surface area contributed by atoms with Crippen LogP contribution in [0, 0.1) is 0 Å². The van der Waals surface area contributed by atoms with Crippen LogP contribution in [-0.4, -0.2) is 37.7 Å². The van der Waals surface area contributed by atoms with Crippen molar-refractivity contribution in [3.05, 3.63) is 29.8 Å². The molecule has 0 aliphatic rings. The Balaban J connectivity index is 2.84. The number of methoxy groups -OCH3 is 1. The minimum Gasteiger partial charge on any atom is -0.464 e. The number of halogens is 3. The number of ether oxygens (including phenoxy) is 2. The van der Waals surface area contributed by atoms with E-state index in [4.69, 9.17) is 4.74 Å². The van der Waals surface area contributed by atoms with E-state index < -0.39 is 42.2 Å². The number of amides is 2. The van der Waals surface area contributed by atoms with Gasteiger partial charge >= 0.3 is 18.2 Å². The van der Waals surface area contributed by atoms with Crippen molar-refractivity contribution < 1.29 is 37.0 Å². The highest BCUT2D eigenvalue weighted by Gasteiger charge is 2.30. The molecule has 1 aromatic rings. The summed E-state index contributed by atoms with van der Waals surface area (Å²) >= 11 is 0. The van der Waals surface area contributed by atoms with Crippen LogP contribution in [0.2, 0.25) is 0 Å². The number of alkyl halides is 3. The zero-order valence-corrected chi connectivity index (χ0v) is 13.5. The molecule has 2 N–H and O–H groups in total. The maximum atomic E-state index is 12.5. The maximum absolute atomic E-state index is 12.5. The third kappa shape index (κ3) is 6.69. The number of benzene rings is 1. The summed E-state index contributed by atoms with van der Waals surface area (Å²) in [6.45, 7) is 1.60. The van der Waals surface area contributed by atoms with Gasteiger partial charge in [0.25, 0.3) is 0 Å². The van der Waals surface area contributed by atoms with E-state index in [2.05, 4.69) is 10.1 Å². The van der Waals surface area contributed by atoms with Crippen LogP contribution in [0.3, 0.4) is 0 Å². The minimum atomic E-state index is -4.49. The average molecular weight is 362 g/mol. The van der Waals surface area contributed by atoms with E-state index in [9.17, 15) is 27.6 Å². The van der Waals surface area contributed by atoms with E-state index in [0.717, 1.165) is 31.4 Å². The van der Waals surface area contributed by atoms with Crippen molar-refractivity contribution in [1.82, 2.24) is 5.32 Å². The van der Waals surface area contributed by atoms with Gasteiger partial charge in [0.15, 0.2) is 0 Å². The van der Waals surface area contributed by atoms with Crippen molar-refractivity contribution in [2.24, 2.45) is 0 Å². The first kappa shape index (κ1) is 20.3. The first-order valence-corrected chi connectivity index (χ1v) is 7.15. The molecule has 0 aromatic heterocycles. The summed E-state index contributed by atoms with van der Waals surface area (Å²) in [5.41, 5.74) is -0.675. The van der Waals surface area contributed by atoms with Gasteiger partial charge in [-0.15, -0.1) is 0 Å². The molecule has 0 fully saturated rings. The second-order valence-electron chi connectivity index (χ2n) is 4.77. The smallest absolute Gasteiger partial charge is 0.416 e. The molecule has 1 rings (SSSR count). The Hall–Kier alpha value is -2.78. The van der Waals surface area contributed by atoms with Gasteiger partial charge in [-0.05, 0) is 31.2 Å². The fraction of sp³-hybridized carbons (Fsp3) is 0.400. The van der Waals surface area contributed by atoms with Gasteiger partial charge < -0.3 is 14.8 Å². The lowest BCUT2D eigenvalue weighted by Crippen LogP contribution is -2.39. The van der Waals surface area contributed by atoms with Gasteiger partial charge in [-0.25, -0.2) is 9.59 Å². The molecule has 7 nitrogen and oxygen atoms in total. The molecular formula is C15H17F3N2O5. The zero-order valence-electron chi connectivity index (χ0n) is 13.5. The van der Waals surface area contributed by atoms with Crippen molar-refractivity contribution in [2.75, 3.05) is 19.0 Å². The number of esters is 1. The topological polar surface area (TPSA) is 93.7 Å². The number of hydrogen-bond donors (Lipinski definition) is 2. The van der Waals surface area contributed by atoms with Crippen molar-refractivity contribution >= 4 is 23.7 Å².